The van der Waals surface area contributed by atoms with E-state index >= 15 is 0 Å². The van der Waals surface area contributed by atoms with Crippen molar-refractivity contribution in [1.29, 1.82) is 0 Å². The average Bonchev–Trinajstić information content (AvgIpc) is 3.29. The minimum atomic E-state index is 0. The standard InChI is InChI=1S/C23H16.Au/c1-2-10-20(9-1)22-13-5-7-18(16-22)15-19-8-6-14-23(17-19)21-11-3-4-12-21;/h1-14H,15H2;/q-4;. The van der Waals surface area contributed by atoms with Gasteiger partial charge in [-0.15, -0.1) is 23.3 Å². The van der Waals surface area contributed by atoms with Gasteiger partial charge in [-0.25, -0.2) is 34.4 Å². The van der Waals surface area contributed by atoms with E-state index in [0.717, 1.165) is 17.5 Å². The van der Waals surface area contributed by atoms with Crippen molar-refractivity contribution < 1.29 is 22.4 Å². The van der Waals surface area contributed by atoms with E-state index in [1.807, 2.05) is 0 Å². The predicted molar refractivity (Wildman–Crippen MR) is 95.4 cm³/mol. The monoisotopic (exact) mass is 489 g/mol. The summed E-state index contributed by atoms with van der Waals surface area (Å²) in [5.74, 6) is 0. The normalized spacial score (nSPS) is 10.3. The van der Waals surface area contributed by atoms with Crippen molar-refractivity contribution in [2.24, 2.45) is 0 Å². The van der Waals surface area contributed by atoms with E-state index in [9.17, 15) is 0 Å². The van der Waals surface area contributed by atoms with Crippen LogP contribution in [0.25, 0.3) is 22.3 Å². The zero-order valence-corrected chi connectivity index (χ0v) is 15.3. The molecule has 0 atom stereocenters. The van der Waals surface area contributed by atoms with Crippen molar-refractivity contribution in [3.8, 4) is 22.3 Å². The molecule has 4 aromatic carbocycles. The predicted octanol–water partition coefficient (Wildman–Crippen LogP) is 5.65. The summed E-state index contributed by atoms with van der Waals surface area (Å²) in [5, 5.41) is 0. The SMILES string of the molecule is [Au].[c-]1c(Cc2[c-]c(-c3ccc[cH-]3)ccc2)cccc1-c1ccc[cH-]1. The molecule has 24 heavy (non-hydrogen) atoms. The first-order valence-corrected chi connectivity index (χ1v) is 7.85. The average molecular weight is 489 g/mol. The molecule has 0 heterocycles. The first-order chi connectivity index (χ1) is 11.4. The Morgan fingerprint density at radius 1 is 0.625 bits per heavy atom. The van der Waals surface area contributed by atoms with Crippen LogP contribution in [-0.2, 0) is 28.8 Å². The van der Waals surface area contributed by atoms with Gasteiger partial charge in [0.05, 0.1) is 0 Å². The zero-order chi connectivity index (χ0) is 15.5. The summed E-state index contributed by atoms with van der Waals surface area (Å²) < 4.78 is 0. The summed E-state index contributed by atoms with van der Waals surface area (Å²) in [6, 6.07) is 36.5. The molecule has 4 aromatic rings. The summed E-state index contributed by atoms with van der Waals surface area (Å²) in [6.07, 6.45) is 0.850. The topological polar surface area (TPSA) is 0 Å². The van der Waals surface area contributed by atoms with Crippen LogP contribution in [0.5, 0.6) is 0 Å². The van der Waals surface area contributed by atoms with E-state index < -0.39 is 0 Å². The van der Waals surface area contributed by atoms with Gasteiger partial charge in [-0.05, 0) is 6.42 Å². The molecule has 0 saturated carbocycles. The maximum Gasteiger partial charge on any atom is 0 e. The fourth-order valence-corrected chi connectivity index (χ4v) is 2.89. The molecule has 0 nitrogen and oxygen atoms in total. The van der Waals surface area contributed by atoms with Gasteiger partial charge < -0.3 is 0 Å². The van der Waals surface area contributed by atoms with Crippen molar-refractivity contribution in [3.63, 3.8) is 0 Å². The summed E-state index contributed by atoms with van der Waals surface area (Å²) in [7, 11) is 0. The van der Waals surface area contributed by atoms with E-state index in [1.165, 1.54) is 22.3 Å². The summed E-state index contributed by atoms with van der Waals surface area (Å²) >= 11 is 0. The summed E-state index contributed by atoms with van der Waals surface area (Å²) in [4.78, 5) is 0. The van der Waals surface area contributed by atoms with Crippen molar-refractivity contribution in [1.82, 2.24) is 0 Å². The van der Waals surface area contributed by atoms with E-state index in [4.69, 9.17) is 0 Å². The molecule has 4 rings (SSSR count). The molecule has 123 valence electrons. The number of rotatable bonds is 4. The Kier molecular flexibility index (Phi) is 5.32. The molecule has 0 aromatic heterocycles. The summed E-state index contributed by atoms with van der Waals surface area (Å²) in [5.41, 5.74) is 7.14. The molecule has 0 spiro atoms. The maximum absolute atomic E-state index is 3.53. The van der Waals surface area contributed by atoms with Gasteiger partial charge in [-0.3, -0.25) is 0 Å². The van der Waals surface area contributed by atoms with Crippen molar-refractivity contribution in [3.05, 3.63) is 108 Å². The maximum atomic E-state index is 3.53. The second-order valence-corrected chi connectivity index (χ2v) is 5.70. The molecule has 1 heteroatoms. The minimum absolute atomic E-state index is 0. The van der Waals surface area contributed by atoms with Crippen molar-refractivity contribution in [2.75, 3.05) is 0 Å². The van der Waals surface area contributed by atoms with E-state index in [1.54, 1.807) is 0 Å². The molecule has 1 radical (unpaired) electrons. The molecule has 0 unspecified atom stereocenters. The van der Waals surface area contributed by atoms with E-state index in [-0.39, 0.29) is 22.4 Å². The van der Waals surface area contributed by atoms with Crippen LogP contribution in [0.4, 0.5) is 0 Å². The molecular weight excluding hydrogens is 473 g/mol. The van der Waals surface area contributed by atoms with Gasteiger partial charge in [-0.1, -0.05) is 0 Å². The van der Waals surface area contributed by atoms with Gasteiger partial charge in [0.25, 0.3) is 0 Å². The fraction of sp³-hybridized carbons (Fsp3) is 0.0435. The van der Waals surface area contributed by atoms with Gasteiger partial charge in [0.15, 0.2) is 0 Å². The van der Waals surface area contributed by atoms with Crippen molar-refractivity contribution in [2.45, 2.75) is 6.42 Å². The third kappa shape index (κ3) is 3.68. The Bertz CT molecular complexity index is 808. The Balaban J connectivity index is 0.00000169. The van der Waals surface area contributed by atoms with Crippen LogP contribution in [0.1, 0.15) is 11.1 Å². The third-order valence-corrected chi connectivity index (χ3v) is 4.04. The van der Waals surface area contributed by atoms with Crippen molar-refractivity contribution >= 4 is 0 Å². The third-order valence-electron chi connectivity index (χ3n) is 4.04. The van der Waals surface area contributed by atoms with Crippen LogP contribution >= 0.6 is 0 Å². The quantitative estimate of drug-likeness (QED) is 0.257. The van der Waals surface area contributed by atoms with Gasteiger partial charge in [-0.2, -0.15) is 72.8 Å². The summed E-state index contributed by atoms with van der Waals surface area (Å²) in [6.45, 7) is 0. The second kappa shape index (κ2) is 7.63. The van der Waals surface area contributed by atoms with Gasteiger partial charge in [0, 0.05) is 22.4 Å². The molecule has 0 amide bonds. The van der Waals surface area contributed by atoms with Gasteiger partial charge in [0.2, 0.25) is 0 Å². The fourth-order valence-electron chi connectivity index (χ4n) is 2.89. The van der Waals surface area contributed by atoms with Crippen LogP contribution in [0, 0.1) is 12.1 Å². The molecule has 0 saturated heterocycles. The molecule has 0 aliphatic carbocycles. The smallest absolute Gasteiger partial charge is 0 e. The van der Waals surface area contributed by atoms with Gasteiger partial charge >= 0.3 is 0 Å². The van der Waals surface area contributed by atoms with Crippen LogP contribution in [-0.4, -0.2) is 0 Å². The minimum Gasteiger partial charge on any atom is -0.232 e. The molecule has 0 bridgehead atoms. The Morgan fingerprint density at radius 3 is 1.54 bits per heavy atom. The molecule has 0 N–H and O–H groups in total. The van der Waals surface area contributed by atoms with E-state index in [2.05, 4.69) is 97.1 Å². The molecule has 0 aliphatic rings. The molecule has 0 aliphatic heterocycles. The Hall–Kier alpha value is -2.12. The molecular formula is C23H16Au-4. The van der Waals surface area contributed by atoms with Crippen LogP contribution in [0.15, 0.2) is 84.9 Å². The second-order valence-electron chi connectivity index (χ2n) is 5.70. The van der Waals surface area contributed by atoms with Crippen LogP contribution in [0.2, 0.25) is 0 Å². The largest absolute Gasteiger partial charge is 0.232 e. The van der Waals surface area contributed by atoms with Crippen LogP contribution in [0.3, 0.4) is 0 Å². The number of hydrogen-bond donors (Lipinski definition) is 0. The molecule has 0 fully saturated rings. The Labute approximate surface area is 159 Å². The van der Waals surface area contributed by atoms with Crippen LogP contribution < -0.4 is 0 Å². The zero-order valence-electron chi connectivity index (χ0n) is 13.1. The van der Waals surface area contributed by atoms with E-state index in [0.29, 0.717) is 0 Å². The number of benzene rings is 2. The first-order valence-electron chi connectivity index (χ1n) is 7.85. The first kappa shape index (κ1) is 16.7. The Morgan fingerprint density at radius 2 is 1.12 bits per heavy atom. The van der Waals surface area contributed by atoms with Gasteiger partial charge in [0.1, 0.15) is 0 Å². The number of hydrogen-bond acceptors (Lipinski definition) is 0.